The molecule has 0 spiro atoms. The summed E-state index contributed by atoms with van der Waals surface area (Å²) in [7, 11) is 0. The van der Waals surface area contributed by atoms with Crippen molar-refractivity contribution in [3.05, 3.63) is 115 Å². The molecule has 6 rings (SSSR count). The van der Waals surface area contributed by atoms with E-state index in [4.69, 9.17) is 15.0 Å². The summed E-state index contributed by atoms with van der Waals surface area (Å²) in [5.41, 5.74) is 5.32. The molecule has 0 fully saturated rings. The van der Waals surface area contributed by atoms with Crippen LogP contribution in [0, 0.1) is 0 Å². The lowest BCUT2D eigenvalue weighted by Gasteiger charge is -2.12. The molecule has 0 bridgehead atoms. The highest BCUT2D eigenvalue weighted by atomic mass is 32.2. The average Bonchev–Trinajstić information content (AvgIpc) is 3.34. The monoisotopic (exact) mass is 444 g/mol. The molecule has 1 unspecified atom stereocenters. The lowest BCUT2D eigenvalue weighted by atomic mass is 10.1. The van der Waals surface area contributed by atoms with E-state index in [0.29, 0.717) is 17.5 Å². The molecule has 1 aliphatic heterocycles. The van der Waals surface area contributed by atoms with Gasteiger partial charge in [-0.2, -0.15) is 0 Å². The minimum atomic E-state index is 0.203. The standard InChI is InChI=1S/C28H20N4S/c1-3-9-19(10-4-1)25-30-26(20-11-5-2-6-12-20)32-27(31-25)21-15-17-22(18-16-21)28-29-23-13-7-8-14-24(23)33-28/h1-18,28-29H. The zero-order chi connectivity index (χ0) is 22.0. The largest absolute Gasteiger partial charge is 0.368 e. The van der Waals surface area contributed by atoms with Crippen LogP contribution in [0.1, 0.15) is 10.9 Å². The van der Waals surface area contributed by atoms with Gasteiger partial charge in [-0.1, -0.05) is 109 Å². The van der Waals surface area contributed by atoms with Gasteiger partial charge in [-0.25, -0.2) is 15.0 Å². The van der Waals surface area contributed by atoms with Crippen LogP contribution in [0.5, 0.6) is 0 Å². The van der Waals surface area contributed by atoms with Gasteiger partial charge in [-0.3, -0.25) is 0 Å². The van der Waals surface area contributed by atoms with E-state index in [9.17, 15) is 0 Å². The van der Waals surface area contributed by atoms with Gasteiger partial charge < -0.3 is 5.32 Å². The van der Waals surface area contributed by atoms with Gasteiger partial charge in [0.05, 0.1) is 0 Å². The maximum absolute atomic E-state index is 4.82. The van der Waals surface area contributed by atoms with Gasteiger partial charge in [0, 0.05) is 27.3 Å². The summed E-state index contributed by atoms with van der Waals surface area (Å²) < 4.78 is 0. The molecule has 1 N–H and O–H groups in total. The van der Waals surface area contributed by atoms with Crippen molar-refractivity contribution in [1.82, 2.24) is 15.0 Å². The number of nitrogens with zero attached hydrogens (tertiary/aromatic N) is 3. The lowest BCUT2D eigenvalue weighted by molar-refractivity contribution is 1.07. The third-order valence-corrected chi connectivity index (χ3v) is 6.83. The Labute approximate surface area is 196 Å². The highest BCUT2D eigenvalue weighted by Gasteiger charge is 2.22. The minimum Gasteiger partial charge on any atom is -0.368 e. The second kappa shape index (κ2) is 8.52. The Morgan fingerprint density at radius 3 is 1.55 bits per heavy atom. The van der Waals surface area contributed by atoms with Crippen LogP contribution in [0.3, 0.4) is 0 Å². The molecule has 2 heterocycles. The first-order chi connectivity index (χ1) is 16.3. The first kappa shape index (κ1) is 19.7. The zero-order valence-electron chi connectivity index (χ0n) is 17.7. The Kier molecular flexibility index (Phi) is 5.09. The number of hydrogen-bond donors (Lipinski definition) is 1. The predicted octanol–water partition coefficient (Wildman–Crippen LogP) is 7.09. The molecule has 0 radical (unpaired) electrons. The molecule has 5 aromatic rings. The van der Waals surface area contributed by atoms with Crippen LogP contribution >= 0.6 is 11.8 Å². The Balaban J connectivity index is 1.37. The van der Waals surface area contributed by atoms with E-state index in [1.165, 1.54) is 16.1 Å². The number of hydrogen-bond acceptors (Lipinski definition) is 5. The Morgan fingerprint density at radius 1 is 0.515 bits per heavy atom. The first-order valence-electron chi connectivity index (χ1n) is 10.8. The molecule has 1 aromatic heterocycles. The van der Waals surface area contributed by atoms with Gasteiger partial charge in [0.15, 0.2) is 17.5 Å². The normalized spacial score (nSPS) is 14.5. The van der Waals surface area contributed by atoms with Crippen molar-refractivity contribution in [2.24, 2.45) is 0 Å². The Morgan fingerprint density at radius 2 is 1.00 bits per heavy atom. The minimum absolute atomic E-state index is 0.203. The summed E-state index contributed by atoms with van der Waals surface area (Å²) in [6.45, 7) is 0. The van der Waals surface area contributed by atoms with Crippen molar-refractivity contribution < 1.29 is 0 Å². The van der Waals surface area contributed by atoms with E-state index in [-0.39, 0.29) is 5.37 Å². The molecule has 0 amide bonds. The summed E-state index contributed by atoms with van der Waals surface area (Å²) in [5, 5.41) is 3.80. The smallest absolute Gasteiger partial charge is 0.164 e. The average molecular weight is 445 g/mol. The highest BCUT2D eigenvalue weighted by Crippen LogP contribution is 2.46. The SMILES string of the molecule is c1ccc(-c2nc(-c3ccccc3)nc(-c3ccc(C4Nc5ccccc5S4)cc3)n2)cc1. The number of thioether (sulfide) groups is 1. The van der Waals surface area contributed by atoms with Crippen molar-refractivity contribution in [1.29, 1.82) is 0 Å². The molecule has 1 aliphatic rings. The number of nitrogens with one attached hydrogen (secondary N) is 1. The molecule has 0 saturated heterocycles. The fraction of sp³-hybridized carbons (Fsp3) is 0.0357. The van der Waals surface area contributed by atoms with Crippen LogP contribution in [0.4, 0.5) is 5.69 Å². The topological polar surface area (TPSA) is 50.7 Å². The van der Waals surface area contributed by atoms with E-state index in [1.807, 2.05) is 72.4 Å². The van der Waals surface area contributed by atoms with Gasteiger partial charge in [0.1, 0.15) is 5.37 Å². The van der Waals surface area contributed by atoms with Crippen LogP contribution in [-0.4, -0.2) is 15.0 Å². The van der Waals surface area contributed by atoms with Gasteiger partial charge in [0.25, 0.3) is 0 Å². The van der Waals surface area contributed by atoms with Gasteiger partial charge in [-0.15, -0.1) is 0 Å². The molecular formula is C28H20N4S. The molecule has 0 aliphatic carbocycles. The second-order valence-electron chi connectivity index (χ2n) is 7.80. The fourth-order valence-corrected chi connectivity index (χ4v) is 5.03. The Bertz CT molecular complexity index is 1320. The van der Waals surface area contributed by atoms with Gasteiger partial charge >= 0.3 is 0 Å². The summed E-state index contributed by atoms with van der Waals surface area (Å²) in [6.07, 6.45) is 0. The number of fused-ring (bicyclic) bond motifs is 1. The van der Waals surface area contributed by atoms with Crippen LogP contribution in [-0.2, 0) is 0 Å². The molecule has 4 aromatic carbocycles. The van der Waals surface area contributed by atoms with E-state index in [1.54, 1.807) is 0 Å². The zero-order valence-corrected chi connectivity index (χ0v) is 18.5. The van der Waals surface area contributed by atoms with Crippen LogP contribution in [0.2, 0.25) is 0 Å². The van der Waals surface area contributed by atoms with Crippen LogP contribution in [0.15, 0.2) is 114 Å². The molecule has 4 nitrogen and oxygen atoms in total. The molecular weight excluding hydrogens is 424 g/mol. The summed E-state index contributed by atoms with van der Waals surface area (Å²) >= 11 is 1.84. The number of para-hydroxylation sites is 1. The molecule has 1 atom stereocenters. The predicted molar refractivity (Wildman–Crippen MR) is 135 cm³/mol. The number of aromatic nitrogens is 3. The molecule has 158 valence electrons. The molecule has 0 saturated carbocycles. The third kappa shape index (κ3) is 3.99. The maximum atomic E-state index is 4.82. The van der Waals surface area contributed by atoms with Crippen molar-refractivity contribution in [2.45, 2.75) is 10.3 Å². The summed E-state index contributed by atoms with van der Waals surface area (Å²) in [6, 6.07) is 37.0. The van der Waals surface area contributed by atoms with Crippen molar-refractivity contribution in [2.75, 3.05) is 5.32 Å². The highest BCUT2D eigenvalue weighted by molar-refractivity contribution is 8.00. The van der Waals surface area contributed by atoms with Crippen molar-refractivity contribution in [3.63, 3.8) is 0 Å². The Hall–Kier alpha value is -3.96. The number of benzene rings is 4. The molecule has 5 heteroatoms. The summed E-state index contributed by atoms with van der Waals surface area (Å²) in [5.74, 6) is 2.02. The van der Waals surface area contributed by atoms with Crippen LogP contribution < -0.4 is 5.32 Å². The molecule has 33 heavy (non-hydrogen) atoms. The van der Waals surface area contributed by atoms with E-state index < -0.39 is 0 Å². The lowest BCUT2D eigenvalue weighted by Crippen LogP contribution is -2.02. The van der Waals surface area contributed by atoms with Crippen LogP contribution in [0.25, 0.3) is 34.2 Å². The van der Waals surface area contributed by atoms with Gasteiger partial charge in [0.2, 0.25) is 0 Å². The summed E-state index contributed by atoms with van der Waals surface area (Å²) in [4.78, 5) is 15.7. The van der Waals surface area contributed by atoms with Crippen molar-refractivity contribution in [3.8, 4) is 34.2 Å². The number of rotatable bonds is 4. The maximum Gasteiger partial charge on any atom is 0.164 e. The van der Waals surface area contributed by atoms with Crippen molar-refractivity contribution >= 4 is 17.4 Å². The van der Waals surface area contributed by atoms with E-state index >= 15 is 0 Å². The first-order valence-corrected chi connectivity index (χ1v) is 11.7. The van der Waals surface area contributed by atoms with Gasteiger partial charge in [-0.05, 0) is 17.7 Å². The second-order valence-corrected chi connectivity index (χ2v) is 8.95. The quantitative estimate of drug-likeness (QED) is 0.321. The fourth-order valence-electron chi connectivity index (χ4n) is 3.88. The third-order valence-electron chi connectivity index (χ3n) is 5.59. The van der Waals surface area contributed by atoms with E-state index in [2.05, 4.69) is 53.8 Å². The van der Waals surface area contributed by atoms with E-state index in [0.717, 1.165) is 16.7 Å². The number of anilines is 1.